The number of rotatable bonds is 8. The van der Waals surface area contributed by atoms with Crippen LogP contribution >= 0.6 is 0 Å². The highest BCUT2D eigenvalue weighted by atomic mass is 16.5. The van der Waals surface area contributed by atoms with Crippen molar-refractivity contribution in [3.8, 4) is 0 Å². The van der Waals surface area contributed by atoms with Crippen LogP contribution in [-0.4, -0.2) is 40.0 Å². The minimum Gasteiger partial charge on any atom is -0.481 e. The molecule has 2 N–H and O–H groups in total. The van der Waals surface area contributed by atoms with Crippen molar-refractivity contribution < 1.29 is 34.1 Å². The van der Waals surface area contributed by atoms with Crippen molar-refractivity contribution in [2.45, 2.75) is 46.6 Å². The SMILES string of the molecule is CCC(C(=O)O)C(OC(C)=O)C(CC)(C(C)=O)C(=O)O. The lowest BCUT2D eigenvalue weighted by Gasteiger charge is -2.36. The van der Waals surface area contributed by atoms with Gasteiger partial charge in [-0.05, 0) is 19.8 Å². The van der Waals surface area contributed by atoms with Crippen molar-refractivity contribution in [2.24, 2.45) is 11.3 Å². The van der Waals surface area contributed by atoms with E-state index in [0.717, 1.165) is 13.8 Å². The van der Waals surface area contributed by atoms with E-state index in [-0.39, 0.29) is 12.8 Å². The number of esters is 1. The molecule has 0 aliphatic rings. The fraction of sp³-hybridized carbons (Fsp3) is 0.692. The van der Waals surface area contributed by atoms with Gasteiger partial charge in [-0.2, -0.15) is 0 Å². The Labute approximate surface area is 116 Å². The van der Waals surface area contributed by atoms with E-state index in [1.165, 1.54) is 13.8 Å². The van der Waals surface area contributed by atoms with Crippen molar-refractivity contribution in [3.63, 3.8) is 0 Å². The Hall–Kier alpha value is -1.92. The standard InChI is InChI=1S/C13H20O7/c1-5-9(11(16)17)10(20-8(4)15)13(6-2,7(3)14)12(18)19/h9-10H,5-6H2,1-4H3,(H,16,17)(H,18,19). The van der Waals surface area contributed by atoms with E-state index >= 15 is 0 Å². The van der Waals surface area contributed by atoms with E-state index in [1.807, 2.05) is 0 Å². The molecule has 7 heteroatoms. The lowest BCUT2D eigenvalue weighted by atomic mass is 9.70. The lowest BCUT2D eigenvalue weighted by Crippen LogP contribution is -2.54. The van der Waals surface area contributed by atoms with Crippen LogP contribution in [-0.2, 0) is 23.9 Å². The minimum atomic E-state index is -2.05. The monoisotopic (exact) mass is 288 g/mol. The first-order valence-corrected chi connectivity index (χ1v) is 6.29. The highest BCUT2D eigenvalue weighted by Gasteiger charge is 2.55. The minimum absolute atomic E-state index is 0.0373. The number of carbonyl (C=O) groups excluding carboxylic acids is 2. The van der Waals surface area contributed by atoms with Gasteiger partial charge in [-0.1, -0.05) is 13.8 Å². The van der Waals surface area contributed by atoms with Crippen LogP contribution in [0.4, 0.5) is 0 Å². The zero-order chi connectivity index (χ0) is 16.1. The van der Waals surface area contributed by atoms with Crippen LogP contribution in [0.2, 0.25) is 0 Å². The zero-order valence-corrected chi connectivity index (χ0v) is 12.0. The van der Waals surface area contributed by atoms with Gasteiger partial charge >= 0.3 is 17.9 Å². The maximum absolute atomic E-state index is 11.8. The molecule has 0 aliphatic carbocycles. The Morgan fingerprint density at radius 2 is 1.60 bits per heavy atom. The summed E-state index contributed by atoms with van der Waals surface area (Å²) in [4.78, 5) is 45.8. The third kappa shape index (κ3) is 3.34. The number of hydrogen-bond acceptors (Lipinski definition) is 5. The average molecular weight is 288 g/mol. The van der Waals surface area contributed by atoms with Gasteiger partial charge in [0.05, 0.1) is 5.92 Å². The molecule has 0 radical (unpaired) electrons. The fourth-order valence-electron chi connectivity index (χ4n) is 2.30. The Kier molecular flexibility index (Phi) is 6.35. The number of carboxylic acids is 2. The Balaban J connectivity index is 6.02. The van der Waals surface area contributed by atoms with Crippen molar-refractivity contribution in [2.75, 3.05) is 0 Å². The van der Waals surface area contributed by atoms with Crippen LogP contribution in [0.5, 0.6) is 0 Å². The second-order valence-corrected chi connectivity index (χ2v) is 4.57. The molecule has 0 aromatic rings. The molecule has 20 heavy (non-hydrogen) atoms. The molecule has 114 valence electrons. The maximum atomic E-state index is 11.8. The van der Waals surface area contributed by atoms with E-state index in [0.29, 0.717) is 0 Å². The molecule has 3 unspecified atom stereocenters. The number of Topliss-reactive ketones (excluding diaryl/α,β-unsaturated/α-hetero) is 1. The first-order valence-electron chi connectivity index (χ1n) is 6.29. The molecule has 7 nitrogen and oxygen atoms in total. The van der Waals surface area contributed by atoms with E-state index in [9.17, 15) is 29.4 Å². The molecule has 0 spiro atoms. The van der Waals surface area contributed by atoms with Gasteiger partial charge in [0.2, 0.25) is 0 Å². The summed E-state index contributed by atoms with van der Waals surface area (Å²) < 4.78 is 4.92. The summed E-state index contributed by atoms with van der Waals surface area (Å²) in [5.74, 6) is -5.62. The molecule has 3 atom stereocenters. The summed E-state index contributed by atoms with van der Waals surface area (Å²) in [5.41, 5.74) is -2.05. The largest absolute Gasteiger partial charge is 0.481 e. The second kappa shape index (κ2) is 7.02. The van der Waals surface area contributed by atoms with Crippen molar-refractivity contribution >= 4 is 23.7 Å². The van der Waals surface area contributed by atoms with E-state index < -0.39 is 41.1 Å². The molecule has 0 aromatic heterocycles. The number of aliphatic carboxylic acids is 2. The topological polar surface area (TPSA) is 118 Å². The van der Waals surface area contributed by atoms with Gasteiger partial charge in [0, 0.05) is 6.92 Å². The Morgan fingerprint density at radius 1 is 1.10 bits per heavy atom. The number of hydrogen-bond donors (Lipinski definition) is 2. The van der Waals surface area contributed by atoms with E-state index in [4.69, 9.17) is 4.74 Å². The third-order valence-corrected chi connectivity index (χ3v) is 3.47. The smallest absolute Gasteiger partial charge is 0.321 e. The number of carboxylic acid groups (broad SMARTS) is 2. The summed E-state index contributed by atoms with van der Waals surface area (Å²) >= 11 is 0. The predicted octanol–water partition coefficient (Wildman–Crippen LogP) is 1.10. The molecule has 0 fully saturated rings. The van der Waals surface area contributed by atoms with Crippen LogP contribution < -0.4 is 0 Å². The third-order valence-electron chi connectivity index (χ3n) is 3.47. The van der Waals surface area contributed by atoms with Crippen LogP contribution in [0.25, 0.3) is 0 Å². The maximum Gasteiger partial charge on any atom is 0.321 e. The lowest BCUT2D eigenvalue weighted by molar-refractivity contribution is -0.180. The van der Waals surface area contributed by atoms with Gasteiger partial charge in [-0.15, -0.1) is 0 Å². The van der Waals surface area contributed by atoms with Crippen LogP contribution in [0.3, 0.4) is 0 Å². The number of carbonyl (C=O) groups is 4. The predicted molar refractivity (Wildman–Crippen MR) is 68.0 cm³/mol. The molecule has 0 amide bonds. The number of ether oxygens (including phenoxy) is 1. The second-order valence-electron chi connectivity index (χ2n) is 4.57. The molecular weight excluding hydrogens is 268 g/mol. The first-order chi connectivity index (χ1) is 9.14. The van der Waals surface area contributed by atoms with Gasteiger partial charge < -0.3 is 14.9 Å². The Morgan fingerprint density at radius 3 is 1.80 bits per heavy atom. The molecule has 0 heterocycles. The first kappa shape index (κ1) is 18.1. The van der Waals surface area contributed by atoms with E-state index in [1.54, 1.807) is 0 Å². The normalized spacial score (nSPS) is 16.6. The van der Waals surface area contributed by atoms with Crippen LogP contribution in [0, 0.1) is 11.3 Å². The summed E-state index contributed by atoms with van der Waals surface area (Å²) in [7, 11) is 0. The van der Waals surface area contributed by atoms with Gasteiger partial charge in [0.15, 0.2) is 11.2 Å². The van der Waals surface area contributed by atoms with Crippen LogP contribution in [0.1, 0.15) is 40.5 Å². The van der Waals surface area contributed by atoms with Gasteiger partial charge in [-0.3, -0.25) is 19.2 Å². The molecule has 0 aromatic carbocycles. The fourth-order valence-corrected chi connectivity index (χ4v) is 2.30. The summed E-state index contributed by atoms with van der Waals surface area (Å²) in [6.45, 7) is 5.07. The van der Waals surface area contributed by atoms with Crippen molar-refractivity contribution in [1.82, 2.24) is 0 Å². The highest BCUT2D eigenvalue weighted by Crippen LogP contribution is 2.36. The van der Waals surface area contributed by atoms with Crippen molar-refractivity contribution in [3.05, 3.63) is 0 Å². The zero-order valence-electron chi connectivity index (χ0n) is 12.0. The summed E-state index contributed by atoms with van der Waals surface area (Å²) in [5, 5.41) is 18.6. The van der Waals surface area contributed by atoms with Gasteiger partial charge in [0.1, 0.15) is 6.10 Å². The summed E-state index contributed by atoms with van der Waals surface area (Å²) in [6.07, 6.45) is -1.67. The number of ketones is 1. The molecule has 0 bridgehead atoms. The molecule has 0 saturated heterocycles. The van der Waals surface area contributed by atoms with Gasteiger partial charge in [0.25, 0.3) is 0 Å². The van der Waals surface area contributed by atoms with Crippen molar-refractivity contribution in [1.29, 1.82) is 0 Å². The average Bonchev–Trinajstić information content (AvgIpc) is 2.28. The van der Waals surface area contributed by atoms with E-state index in [2.05, 4.69) is 0 Å². The molecular formula is C13H20O7. The van der Waals surface area contributed by atoms with Crippen LogP contribution in [0.15, 0.2) is 0 Å². The highest BCUT2D eigenvalue weighted by molar-refractivity contribution is 6.03. The molecule has 0 aliphatic heterocycles. The molecule has 0 rings (SSSR count). The summed E-state index contributed by atoms with van der Waals surface area (Å²) in [6, 6.07) is 0. The quantitative estimate of drug-likeness (QED) is 0.507. The Bertz CT molecular complexity index is 399. The molecule has 0 saturated carbocycles. The van der Waals surface area contributed by atoms with Gasteiger partial charge in [-0.25, -0.2) is 0 Å².